The van der Waals surface area contributed by atoms with E-state index in [1.807, 2.05) is 12.1 Å². The fraction of sp³-hybridized carbons (Fsp3) is 0.0625. The molecule has 1 spiro atoms. The van der Waals surface area contributed by atoms with Crippen molar-refractivity contribution in [3.63, 3.8) is 0 Å². The number of para-hydroxylation sites is 1. The Kier molecular flexibility index (Phi) is 7.70. The molecule has 11 aromatic rings. The number of fused-ring (bicyclic) bond motifs is 16. The Hall–Kier alpha value is -8.20. The van der Waals surface area contributed by atoms with E-state index in [0.717, 1.165) is 39.0 Å². The summed E-state index contributed by atoms with van der Waals surface area (Å²) in [6, 6.07) is 83.2. The molecule has 2 heteroatoms. The van der Waals surface area contributed by atoms with Crippen LogP contribution in [0.4, 0.5) is 17.1 Å². The summed E-state index contributed by atoms with van der Waals surface area (Å²) in [6.07, 6.45) is 0. The SMILES string of the molecule is CC1(C)c2ccccc2-c2ccc(N(c3ccc(-c4ccc(-c5ccc6c(c5)C5(c7ccccc7-c7ccccc75)c5ccccc5-6)cc4)cc3)c3ccc4oc5ccccc5c4c3)cc21. The Morgan fingerprint density at radius 1 is 0.303 bits per heavy atom. The van der Waals surface area contributed by atoms with Crippen molar-refractivity contribution >= 4 is 39.0 Å². The van der Waals surface area contributed by atoms with E-state index in [2.05, 4.69) is 231 Å². The summed E-state index contributed by atoms with van der Waals surface area (Å²) in [5.74, 6) is 0. The average Bonchev–Trinajstić information content (AvgIpc) is 4.06. The van der Waals surface area contributed by atoms with Crippen molar-refractivity contribution < 1.29 is 4.42 Å². The smallest absolute Gasteiger partial charge is 0.135 e. The Bertz CT molecular complexity index is 3730. The number of rotatable bonds is 5. The van der Waals surface area contributed by atoms with Gasteiger partial charge in [-0.2, -0.15) is 0 Å². The first-order chi connectivity index (χ1) is 32.5. The lowest BCUT2D eigenvalue weighted by molar-refractivity contribution is 0.660. The van der Waals surface area contributed by atoms with Crippen molar-refractivity contribution in [1.82, 2.24) is 0 Å². The second-order valence-electron chi connectivity index (χ2n) is 18.8. The number of furan rings is 1. The molecule has 66 heavy (non-hydrogen) atoms. The van der Waals surface area contributed by atoms with Crippen LogP contribution in [0.25, 0.3) is 77.6 Å². The minimum Gasteiger partial charge on any atom is -0.456 e. The summed E-state index contributed by atoms with van der Waals surface area (Å²) < 4.78 is 6.29. The maximum atomic E-state index is 6.29. The second-order valence-corrected chi connectivity index (χ2v) is 18.8. The molecule has 14 rings (SSSR count). The predicted octanol–water partition coefficient (Wildman–Crippen LogP) is 17.0. The van der Waals surface area contributed by atoms with E-state index in [4.69, 9.17) is 4.42 Å². The fourth-order valence-electron chi connectivity index (χ4n) is 12.1. The molecule has 3 aliphatic carbocycles. The van der Waals surface area contributed by atoms with Crippen LogP contribution in [0, 0.1) is 0 Å². The third-order valence-electron chi connectivity index (χ3n) is 15.1. The van der Waals surface area contributed by atoms with Gasteiger partial charge in [-0.3, -0.25) is 0 Å². The van der Waals surface area contributed by atoms with Crippen molar-refractivity contribution in [2.75, 3.05) is 4.90 Å². The van der Waals surface area contributed by atoms with E-state index in [1.54, 1.807) is 0 Å². The quantitative estimate of drug-likeness (QED) is 0.172. The highest BCUT2D eigenvalue weighted by Gasteiger charge is 2.51. The maximum Gasteiger partial charge on any atom is 0.135 e. The van der Waals surface area contributed by atoms with Crippen LogP contribution in [0.15, 0.2) is 229 Å². The first-order valence-corrected chi connectivity index (χ1v) is 23.1. The van der Waals surface area contributed by atoms with Gasteiger partial charge < -0.3 is 9.32 Å². The first-order valence-electron chi connectivity index (χ1n) is 23.1. The number of hydrogen-bond acceptors (Lipinski definition) is 2. The lowest BCUT2D eigenvalue weighted by Crippen LogP contribution is -2.25. The standard InChI is InChI=1S/C64H43NO/c1-63(2)55-18-8-3-13-47(55)51-35-32-46(39-59(51)63)65(45-33-36-62-54(38-45)53-17-7-12-22-61(53)66-62)44-30-27-41(28-31-44)40-23-25-42(26-24-40)43-29-34-52-50-16-6-11-21-58(50)64(60(52)37-43)56-19-9-4-14-48(56)49-15-5-10-20-57(49)64/h3-39H,1-2H3. The van der Waals surface area contributed by atoms with E-state index < -0.39 is 0 Å². The molecular formula is C64H43NO. The normalized spacial score (nSPS) is 14.2. The van der Waals surface area contributed by atoms with E-state index in [0.29, 0.717) is 0 Å². The van der Waals surface area contributed by atoms with Crippen molar-refractivity contribution in [3.05, 3.63) is 258 Å². The first kappa shape index (κ1) is 37.2. The van der Waals surface area contributed by atoms with Gasteiger partial charge in [-0.05, 0) is 144 Å². The van der Waals surface area contributed by atoms with Crippen molar-refractivity contribution in [1.29, 1.82) is 0 Å². The largest absolute Gasteiger partial charge is 0.456 e. The van der Waals surface area contributed by atoms with E-state index >= 15 is 0 Å². The maximum absolute atomic E-state index is 6.29. The minimum atomic E-state index is -0.357. The molecule has 0 atom stereocenters. The van der Waals surface area contributed by atoms with Crippen molar-refractivity contribution in [2.24, 2.45) is 0 Å². The minimum absolute atomic E-state index is 0.117. The third-order valence-corrected chi connectivity index (χ3v) is 15.1. The van der Waals surface area contributed by atoms with Crippen molar-refractivity contribution in [3.8, 4) is 55.6 Å². The van der Waals surface area contributed by atoms with Gasteiger partial charge in [0.15, 0.2) is 0 Å². The van der Waals surface area contributed by atoms with Gasteiger partial charge in [0.05, 0.1) is 5.41 Å². The zero-order valence-electron chi connectivity index (χ0n) is 36.7. The van der Waals surface area contributed by atoms with Gasteiger partial charge in [-0.1, -0.05) is 184 Å². The Labute approximate surface area is 384 Å². The summed E-state index contributed by atoms with van der Waals surface area (Å²) in [4.78, 5) is 2.40. The summed E-state index contributed by atoms with van der Waals surface area (Å²) in [6.45, 7) is 4.70. The summed E-state index contributed by atoms with van der Waals surface area (Å²) in [7, 11) is 0. The molecule has 1 aromatic heterocycles. The van der Waals surface area contributed by atoms with Crippen LogP contribution < -0.4 is 4.90 Å². The molecule has 0 aliphatic heterocycles. The van der Waals surface area contributed by atoms with E-state index in [9.17, 15) is 0 Å². The van der Waals surface area contributed by atoms with Gasteiger partial charge in [0.25, 0.3) is 0 Å². The Morgan fingerprint density at radius 2 is 0.727 bits per heavy atom. The molecule has 310 valence electrons. The fourth-order valence-corrected chi connectivity index (χ4v) is 12.1. The summed E-state index contributed by atoms with van der Waals surface area (Å²) >= 11 is 0. The highest BCUT2D eigenvalue weighted by Crippen LogP contribution is 2.63. The van der Waals surface area contributed by atoms with Gasteiger partial charge in [0, 0.05) is 33.2 Å². The average molecular weight is 842 g/mol. The van der Waals surface area contributed by atoms with Gasteiger partial charge in [0.1, 0.15) is 11.2 Å². The van der Waals surface area contributed by atoms with Gasteiger partial charge in [-0.25, -0.2) is 0 Å². The molecular weight excluding hydrogens is 799 g/mol. The molecule has 0 radical (unpaired) electrons. The molecule has 3 aliphatic rings. The highest BCUT2D eigenvalue weighted by molar-refractivity contribution is 6.06. The molecule has 0 saturated carbocycles. The number of hydrogen-bond donors (Lipinski definition) is 0. The van der Waals surface area contributed by atoms with Gasteiger partial charge in [0.2, 0.25) is 0 Å². The lowest BCUT2D eigenvalue weighted by Gasteiger charge is -2.30. The summed E-state index contributed by atoms with van der Waals surface area (Å²) in [5, 5.41) is 2.23. The third kappa shape index (κ3) is 5.07. The van der Waals surface area contributed by atoms with Crippen molar-refractivity contribution in [2.45, 2.75) is 24.7 Å². The molecule has 0 saturated heterocycles. The van der Waals surface area contributed by atoms with Crippen LogP contribution in [0.1, 0.15) is 47.2 Å². The molecule has 0 N–H and O–H groups in total. The van der Waals surface area contributed by atoms with Crippen LogP contribution in [0.2, 0.25) is 0 Å². The summed E-state index contributed by atoms with van der Waals surface area (Å²) in [5.41, 5.74) is 25.5. The molecule has 0 bridgehead atoms. The number of benzene rings is 10. The highest BCUT2D eigenvalue weighted by atomic mass is 16.3. The second kappa shape index (κ2) is 13.7. The molecule has 0 unspecified atom stereocenters. The Morgan fingerprint density at radius 3 is 1.38 bits per heavy atom. The number of nitrogens with zero attached hydrogens (tertiary/aromatic N) is 1. The number of anilines is 3. The zero-order valence-corrected chi connectivity index (χ0v) is 36.7. The van der Waals surface area contributed by atoms with Gasteiger partial charge in [-0.15, -0.1) is 0 Å². The molecule has 0 amide bonds. The lowest BCUT2D eigenvalue weighted by atomic mass is 9.70. The predicted molar refractivity (Wildman–Crippen MR) is 273 cm³/mol. The zero-order chi connectivity index (χ0) is 43.7. The van der Waals surface area contributed by atoms with Crippen LogP contribution >= 0.6 is 0 Å². The van der Waals surface area contributed by atoms with Gasteiger partial charge >= 0.3 is 0 Å². The van der Waals surface area contributed by atoms with Crippen LogP contribution in [0.5, 0.6) is 0 Å². The van der Waals surface area contributed by atoms with E-state index in [1.165, 1.54) is 89.0 Å². The van der Waals surface area contributed by atoms with Crippen LogP contribution in [-0.4, -0.2) is 0 Å². The Balaban J connectivity index is 0.839. The topological polar surface area (TPSA) is 16.4 Å². The van der Waals surface area contributed by atoms with Crippen LogP contribution in [0.3, 0.4) is 0 Å². The van der Waals surface area contributed by atoms with Crippen LogP contribution in [-0.2, 0) is 10.8 Å². The molecule has 10 aromatic carbocycles. The monoisotopic (exact) mass is 841 g/mol. The molecule has 0 fully saturated rings. The molecule has 1 heterocycles. The molecule has 2 nitrogen and oxygen atoms in total. The van der Waals surface area contributed by atoms with E-state index in [-0.39, 0.29) is 10.8 Å².